The number of nitrogens with zero attached hydrogens (tertiary/aromatic N) is 2. The van der Waals surface area contributed by atoms with Crippen LogP contribution in [-0.4, -0.2) is 26.3 Å². The number of nitrogens with one attached hydrogen (secondary N) is 2. The fourth-order valence-corrected chi connectivity index (χ4v) is 3.39. The van der Waals surface area contributed by atoms with Crippen LogP contribution in [0.15, 0.2) is 28.7 Å². The quantitative estimate of drug-likeness (QED) is 0.586. The molecule has 1 aromatic carbocycles. The van der Waals surface area contributed by atoms with Gasteiger partial charge in [0.25, 0.3) is 5.91 Å². The zero-order valence-corrected chi connectivity index (χ0v) is 15.8. The van der Waals surface area contributed by atoms with Crippen molar-refractivity contribution in [1.82, 2.24) is 9.36 Å². The Balaban J connectivity index is 1.87. The van der Waals surface area contributed by atoms with E-state index in [4.69, 9.17) is 9.52 Å². The number of aryl methyl sites for hydroxylation is 3. The van der Waals surface area contributed by atoms with Gasteiger partial charge in [-0.25, -0.2) is 4.79 Å². The van der Waals surface area contributed by atoms with E-state index in [2.05, 4.69) is 20.0 Å². The number of carbonyl (C=O) groups is 2. The van der Waals surface area contributed by atoms with E-state index in [1.54, 1.807) is 6.92 Å². The molecule has 1 amide bonds. The van der Waals surface area contributed by atoms with Gasteiger partial charge in [0.2, 0.25) is 0 Å². The number of aromatic nitrogens is 2. The first kappa shape index (κ1) is 18.6. The molecule has 3 N–H and O–H groups in total. The second-order valence-electron chi connectivity index (χ2n) is 5.79. The predicted octanol–water partition coefficient (Wildman–Crippen LogP) is 4.00. The van der Waals surface area contributed by atoms with E-state index in [1.807, 2.05) is 31.2 Å². The minimum absolute atomic E-state index is 0.00319. The molecule has 140 valence electrons. The van der Waals surface area contributed by atoms with E-state index >= 15 is 0 Å². The minimum Gasteiger partial charge on any atom is -0.476 e. The Morgan fingerprint density at radius 3 is 2.67 bits per heavy atom. The SMILES string of the molecule is CCc1ccccc1NC(=O)c1c(C)nsc1Nc1nc(C(=O)O)c(C)o1. The summed E-state index contributed by atoms with van der Waals surface area (Å²) in [5.74, 6) is -1.32. The molecule has 0 saturated carbocycles. The van der Waals surface area contributed by atoms with Crippen molar-refractivity contribution in [2.45, 2.75) is 27.2 Å². The molecule has 0 saturated heterocycles. The van der Waals surface area contributed by atoms with Crippen LogP contribution in [0.4, 0.5) is 16.7 Å². The third kappa shape index (κ3) is 3.82. The molecule has 0 atom stereocenters. The van der Waals surface area contributed by atoms with E-state index < -0.39 is 5.97 Å². The van der Waals surface area contributed by atoms with Gasteiger partial charge in [0.15, 0.2) is 5.69 Å². The van der Waals surface area contributed by atoms with Gasteiger partial charge in [-0.15, -0.1) is 0 Å². The maximum Gasteiger partial charge on any atom is 0.358 e. The number of rotatable bonds is 6. The third-order valence-corrected chi connectivity index (χ3v) is 4.81. The van der Waals surface area contributed by atoms with Gasteiger partial charge in [-0.2, -0.15) is 9.36 Å². The van der Waals surface area contributed by atoms with E-state index in [0.29, 0.717) is 16.3 Å². The number of hydrogen-bond acceptors (Lipinski definition) is 7. The third-order valence-electron chi connectivity index (χ3n) is 3.96. The lowest BCUT2D eigenvalue weighted by Crippen LogP contribution is -2.15. The summed E-state index contributed by atoms with van der Waals surface area (Å²) in [7, 11) is 0. The van der Waals surface area contributed by atoms with Crippen molar-refractivity contribution in [2.75, 3.05) is 10.6 Å². The highest BCUT2D eigenvalue weighted by Gasteiger charge is 2.22. The van der Waals surface area contributed by atoms with Gasteiger partial charge in [-0.05, 0) is 43.4 Å². The van der Waals surface area contributed by atoms with Gasteiger partial charge in [0.05, 0.1) is 11.3 Å². The van der Waals surface area contributed by atoms with Crippen LogP contribution in [0.3, 0.4) is 0 Å². The van der Waals surface area contributed by atoms with Crippen LogP contribution in [-0.2, 0) is 6.42 Å². The number of aromatic carboxylic acids is 1. The summed E-state index contributed by atoms with van der Waals surface area (Å²) >= 11 is 1.07. The van der Waals surface area contributed by atoms with E-state index in [1.165, 1.54) is 6.92 Å². The van der Waals surface area contributed by atoms with Gasteiger partial charge < -0.3 is 14.8 Å². The second-order valence-corrected chi connectivity index (χ2v) is 6.56. The first-order valence-corrected chi connectivity index (χ1v) is 9.01. The number of carboxylic acid groups (broad SMARTS) is 1. The largest absolute Gasteiger partial charge is 0.476 e. The molecular weight excluding hydrogens is 368 g/mol. The molecule has 0 unspecified atom stereocenters. The summed E-state index contributed by atoms with van der Waals surface area (Å²) in [5, 5.41) is 15.3. The molecule has 0 aliphatic carbocycles. The molecule has 2 heterocycles. The molecule has 0 spiro atoms. The van der Waals surface area contributed by atoms with E-state index in [9.17, 15) is 9.59 Å². The topological polar surface area (TPSA) is 117 Å². The summed E-state index contributed by atoms with van der Waals surface area (Å²) in [6.07, 6.45) is 0.788. The second kappa shape index (κ2) is 7.58. The van der Waals surface area contributed by atoms with Crippen molar-refractivity contribution >= 4 is 40.1 Å². The molecule has 0 radical (unpaired) electrons. The lowest BCUT2D eigenvalue weighted by molar-refractivity contribution is 0.0689. The summed E-state index contributed by atoms with van der Waals surface area (Å²) < 4.78 is 9.54. The number of benzene rings is 1. The fourth-order valence-electron chi connectivity index (χ4n) is 2.60. The molecule has 9 heteroatoms. The van der Waals surface area contributed by atoms with Gasteiger partial charge in [-0.3, -0.25) is 10.1 Å². The highest BCUT2D eigenvalue weighted by Crippen LogP contribution is 2.30. The molecular formula is C18H18N4O4S. The Labute approximate surface area is 159 Å². The number of oxazole rings is 1. The number of para-hydroxylation sites is 1. The fraction of sp³-hybridized carbons (Fsp3) is 0.222. The zero-order valence-electron chi connectivity index (χ0n) is 15.0. The molecule has 27 heavy (non-hydrogen) atoms. The monoisotopic (exact) mass is 386 g/mol. The summed E-state index contributed by atoms with van der Waals surface area (Å²) in [4.78, 5) is 27.8. The van der Waals surface area contributed by atoms with Crippen LogP contribution in [0.25, 0.3) is 0 Å². The maximum atomic E-state index is 12.8. The normalized spacial score (nSPS) is 10.6. The molecule has 0 fully saturated rings. The number of amides is 1. The van der Waals surface area contributed by atoms with Crippen LogP contribution in [0.2, 0.25) is 0 Å². The smallest absolute Gasteiger partial charge is 0.358 e. The van der Waals surface area contributed by atoms with Crippen LogP contribution in [0, 0.1) is 13.8 Å². The molecule has 0 aliphatic heterocycles. The Morgan fingerprint density at radius 2 is 2.00 bits per heavy atom. The van der Waals surface area contributed by atoms with E-state index in [0.717, 1.165) is 29.2 Å². The van der Waals surface area contributed by atoms with Gasteiger partial charge >= 0.3 is 12.0 Å². The lowest BCUT2D eigenvalue weighted by atomic mass is 10.1. The molecule has 0 aliphatic rings. The first-order valence-electron chi connectivity index (χ1n) is 8.24. The molecule has 3 aromatic rings. The highest BCUT2D eigenvalue weighted by molar-refractivity contribution is 7.10. The van der Waals surface area contributed by atoms with Crippen LogP contribution in [0.1, 0.15) is 44.8 Å². The molecule has 0 bridgehead atoms. The number of hydrogen-bond donors (Lipinski definition) is 3. The molecule has 8 nitrogen and oxygen atoms in total. The Morgan fingerprint density at radius 1 is 1.26 bits per heavy atom. The molecule has 3 rings (SSSR count). The Hall–Kier alpha value is -3.20. The predicted molar refractivity (Wildman–Crippen MR) is 102 cm³/mol. The molecule has 2 aromatic heterocycles. The van der Waals surface area contributed by atoms with Crippen molar-refractivity contribution in [3.8, 4) is 0 Å². The summed E-state index contributed by atoms with van der Waals surface area (Å²) in [6.45, 7) is 5.25. The highest BCUT2D eigenvalue weighted by atomic mass is 32.1. The van der Waals surface area contributed by atoms with Crippen molar-refractivity contribution < 1.29 is 19.1 Å². The first-order chi connectivity index (χ1) is 12.9. The average molecular weight is 386 g/mol. The van der Waals surface area contributed by atoms with Gasteiger partial charge in [0.1, 0.15) is 10.8 Å². The van der Waals surface area contributed by atoms with Crippen molar-refractivity contribution in [1.29, 1.82) is 0 Å². The lowest BCUT2D eigenvalue weighted by Gasteiger charge is -2.10. The van der Waals surface area contributed by atoms with Crippen LogP contribution in [0.5, 0.6) is 0 Å². The Bertz CT molecular complexity index is 1010. The van der Waals surface area contributed by atoms with Gasteiger partial charge in [-0.1, -0.05) is 25.1 Å². The Kier molecular flexibility index (Phi) is 5.22. The summed E-state index contributed by atoms with van der Waals surface area (Å²) in [6, 6.07) is 7.57. The van der Waals surface area contributed by atoms with Crippen molar-refractivity contribution in [2.24, 2.45) is 0 Å². The zero-order chi connectivity index (χ0) is 19.6. The number of carbonyl (C=O) groups excluding carboxylic acids is 1. The van der Waals surface area contributed by atoms with E-state index in [-0.39, 0.29) is 23.4 Å². The summed E-state index contributed by atoms with van der Waals surface area (Å²) in [5.41, 5.74) is 2.49. The minimum atomic E-state index is -1.18. The van der Waals surface area contributed by atoms with Crippen LogP contribution >= 0.6 is 11.5 Å². The van der Waals surface area contributed by atoms with Crippen LogP contribution < -0.4 is 10.6 Å². The maximum absolute atomic E-state index is 12.8. The van der Waals surface area contributed by atoms with Gasteiger partial charge in [0, 0.05) is 5.69 Å². The van der Waals surface area contributed by atoms with Crippen molar-refractivity contribution in [3.05, 3.63) is 52.5 Å². The number of carboxylic acids is 1. The van der Waals surface area contributed by atoms with Crippen molar-refractivity contribution in [3.63, 3.8) is 0 Å². The number of anilines is 3. The average Bonchev–Trinajstić information content (AvgIpc) is 3.18. The standard InChI is InChI=1S/C18H18N4O4S/c1-4-11-7-5-6-8-12(11)19-15(23)13-9(2)22-27-16(13)21-18-20-14(17(24)25)10(3)26-18/h5-8H,4H2,1-3H3,(H,19,23)(H,20,21)(H,24,25).